The lowest BCUT2D eigenvalue weighted by Gasteiger charge is -2.25. The minimum Gasteiger partial charge on any atom is -0.365 e. The van der Waals surface area contributed by atoms with E-state index in [1.165, 1.54) is 0 Å². The third-order valence-corrected chi connectivity index (χ3v) is 3.95. The Labute approximate surface area is 134 Å². The Morgan fingerprint density at radius 1 is 1.32 bits per heavy atom. The topological polar surface area (TPSA) is 66.5 Å². The maximum atomic E-state index is 6.04. The number of hydrogen-bond donors (Lipinski definition) is 2. The molecule has 0 aromatic carbocycles. The van der Waals surface area contributed by atoms with Crippen molar-refractivity contribution in [2.75, 3.05) is 5.32 Å². The largest absolute Gasteiger partial charge is 0.365 e. The number of anilines is 1. The van der Waals surface area contributed by atoms with Crippen molar-refractivity contribution in [3.63, 3.8) is 0 Å². The van der Waals surface area contributed by atoms with E-state index in [9.17, 15) is 0 Å². The molecule has 0 aliphatic rings. The Balaban J connectivity index is 2.02. The lowest BCUT2D eigenvalue weighted by Crippen LogP contribution is -2.30. The minimum absolute atomic E-state index is 0.0172. The molecule has 0 unspecified atom stereocenters. The summed E-state index contributed by atoms with van der Waals surface area (Å²) in [4.78, 5) is 16.4. The smallest absolute Gasteiger partial charge is 0.163 e. The van der Waals surface area contributed by atoms with Crippen LogP contribution < -0.4 is 5.32 Å². The average Bonchev–Trinajstić information content (AvgIpc) is 2.90. The fourth-order valence-corrected chi connectivity index (χ4v) is 2.31. The highest BCUT2D eigenvalue weighted by atomic mass is 35.5. The van der Waals surface area contributed by atoms with Gasteiger partial charge >= 0.3 is 0 Å². The van der Waals surface area contributed by atoms with Crippen molar-refractivity contribution in [1.29, 1.82) is 0 Å². The van der Waals surface area contributed by atoms with Crippen molar-refractivity contribution in [2.45, 2.75) is 32.7 Å². The number of fused-ring (bicyclic) bond motifs is 1. The predicted octanol–water partition coefficient (Wildman–Crippen LogP) is 4.27. The zero-order valence-corrected chi connectivity index (χ0v) is 13.6. The lowest BCUT2D eigenvalue weighted by atomic mass is 10.0. The van der Waals surface area contributed by atoms with Crippen LogP contribution in [0.2, 0.25) is 5.02 Å². The fraction of sp³-hybridized carbons (Fsp3) is 0.312. The Kier molecular flexibility index (Phi) is 3.74. The average molecular weight is 316 g/mol. The summed E-state index contributed by atoms with van der Waals surface area (Å²) in [6.07, 6.45) is 6.23. The number of pyridine rings is 1. The molecule has 0 amide bonds. The Bertz CT molecular complexity index is 809. The van der Waals surface area contributed by atoms with Crippen LogP contribution in [-0.2, 0) is 0 Å². The molecule has 0 aliphatic heterocycles. The number of aromatic nitrogens is 4. The van der Waals surface area contributed by atoms with Crippen molar-refractivity contribution >= 4 is 28.5 Å². The third kappa shape index (κ3) is 2.90. The van der Waals surface area contributed by atoms with Gasteiger partial charge in [0.1, 0.15) is 11.5 Å². The summed E-state index contributed by atoms with van der Waals surface area (Å²) in [5.41, 5.74) is 1.65. The van der Waals surface area contributed by atoms with Crippen LogP contribution in [0.3, 0.4) is 0 Å². The summed E-state index contributed by atoms with van der Waals surface area (Å²) in [5, 5.41) is 4.94. The van der Waals surface area contributed by atoms with Crippen molar-refractivity contribution in [3.05, 3.63) is 35.7 Å². The Hall–Kier alpha value is -2.14. The van der Waals surface area contributed by atoms with Crippen molar-refractivity contribution in [3.8, 4) is 11.4 Å². The maximum Gasteiger partial charge on any atom is 0.163 e. The van der Waals surface area contributed by atoms with E-state index in [1.54, 1.807) is 12.4 Å². The molecule has 0 bridgehead atoms. The van der Waals surface area contributed by atoms with Gasteiger partial charge in [0.15, 0.2) is 5.82 Å². The predicted molar refractivity (Wildman–Crippen MR) is 90.1 cm³/mol. The van der Waals surface area contributed by atoms with Crippen molar-refractivity contribution in [1.82, 2.24) is 19.9 Å². The molecule has 3 aromatic rings. The number of aromatic amines is 1. The summed E-state index contributed by atoms with van der Waals surface area (Å²) in [5.74, 6) is 1.45. The zero-order chi connectivity index (χ0) is 15.7. The quantitative estimate of drug-likeness (QED) is 0.754. The molecular weight excluding hydrogens is 298 g/mol. The molecule has 3 aromatic heterocycles. The molecule has 0 radical (unpaired) electrons. The molecule has 3 heterocycles. The first-order valence-electron chi connectivity index (χ1n) is 7.23. The minimum atomic E-state index is -0.0172. The second-order valence-corrected chi connectivity index (χ2v) is 6.32. The van der Waals surface area contributed by atoms with Gasteiger partial charge < -0.3 is 10.3 Å². The lowest BCUT2D eigenvalue weighted by molar-refractivity contribution is 0.545. The van der Waals surface area contributed by atoms with Gasteiger partial charge in [-0.15, -0.1) is 0 Å². The maximum absolute atomic E-state index is 6.04. The number of halogens is 1. The molecule has 0 saturated carbocycles. The van der Waals surface area contributed by atoms with E-state index in [0.717, 1.165) is 28.8 Å². The van der Waals surface area contributed by atoms with Crippen LogP contribution in [0.4, 0.5) is 5.82 Å². The summed E-state index contributed by atoms with van der Waals surface area (Å²) < 4.78 is 0. The van der Waals surface area contributed by atoms with Crippen molar-refractivity contribution < 1.29 is 0 Å². The molecular formula is C16H18ClN5. The molecule has 5 nitrogen and oxygen atoms in total. The van der Waals surface area contributed by atoms with E-state index in [2.05, 4.69) is 46.0 Å². The van der Waals surface area contributed by atoms with E-state index < -0.39 is 0 Å². The fourth-order valence-electron chi connectivity index (χ4n) is 2.16. The molecule has 0 atom stereocenters. The molecule has 2 N–H and O–H groups in total. The van der Waals surface area contributed by atoms with E-state index >= 15 is 0 Å². The van der Waals surface area contributed by atoms with Gasteiger partial charge in [0.2, 0.25) is 0 Å². The van der Waals surface area contributed by atoms with Gasteiger partial charge in [-0.05, 0) is 32.4 Å². The molecule has 114 valence electrons. The number of hydrogen-bond acceptors (Lipinski definition) is 4. The summed E-state index contributed by atoms with van der Waals surface area (Å²) in [7, 11) is 0. The molecule has 0 fully saturated rings. The monoisotopic (exact) mass is 315 g/mol. The highest BCUT2D eigenvalue weighted by Crippen LogP contribution is 2.28. The van der Waals surface area contributed by atoms with Crippen LogP contribution >= 0.6 is 11.6 Å². The molecule has 3 rings (SSSR count). The zero-order valence-electron chi connectivity index (χ0n) is 12.8. The first-order valence-corrected chi connectivity index (χ1v) is 7.60. The first kappa shape index (κ1) is 14.8. The van der Waals surface area contributed by atoms with Gasteiger partial charge in [0.25, 0.3) is 0 Å². The van der Waals surface area contributed by atoms with E-state index in [0.29, 0.717) is 10.8 Å². The summed E-state index contributed by atoms with van der Waals surface area (Å²) >= 11 is 6.04. The molecule has 22 heavy (non-hydrogen) atoms. The van der Waals surface area contributed by atoms with Gasteiger partial charge in [-0.3, -0.25) is 0 Å². The van der Waals surface area contributed by atoms with Gasteiger partial charge in [-0.1, -0.05) is 18.5 Å². The SMILES string of the molecule is CCC(C)(C)Nc1ccnc(-c2c[nH]c3ncc(Cl)cc23)n1. The van der Waals surface area contributed by atoms with Crippen LogP contribution in [0, 0.1) is 0 Å². The van der Waals surface area contributed by atoms with E-state index in [-0.39, 0.29) is 5.54 Å². The van der Waals surface area contributed by atoms with Gasteiger partial charge in [0.05, 0.1) is 5.02 Å². The number of nitrogens with zero attached hydrogens (tertiary/aromatic N) is 3. The van der Waals surface area contributed by atoms with Crippen LogP contribution in [0.1, 0.15) is 27.2 Å². The molecule has 0 saturated heterocycles. The standard InChI is InChI=1S/C16H18ClN5/c1-4-16(2,3)22-13-5-6-18-15(21-13)12-9-20-14-11(12)7-10(17)8-19-14/h5-9H,4H2,1-3H3,(H,19,20)(H,18,21,22). The van der Waals surface area contributed by atoms with E-state index in [1.807, 2.05) is 18.3 Å². The molecule has 0 spiro atoms. The summed E-state index contributed by atoms with van der Waals surface area (Å²) in [6.45, 7) is 6.43. The Morgan fingerprint density at radius 2 is 2.14 bits per heavy atom. The second-order valence-electron chi connectivity index (χ2n) is 5.88. The van der Waals surface area contributed by atoms with Crippen LogP contribution in [0.5, 0.6) is 0 Å². The van der Waals surface area contributed by atoms with Gasteiger partial charge in [0, 0.05) is 35.1 Å². The van der Waals surface area contributed by atoms with Crippen LogP contribution in [0.15, 0.2) is 30.7 Å². The normalized spacial score (nSPS) is 11.8. The Morgan fingerprint density at radius 3 is 2.91 bits per heavy atom. The third-order valence-electron chi connectivity index (χ3n) is 3.74. The first-order chi connectivity index (χ1) is 10.5. The molecule has 0 aliphatic carbocycles. The number of rotatable bonds is 4. The molecule has 6 heteroatoms. The van der Waals surface area contributed by atoms with Crippen LogP contribution in [-0.4, -0.2) is 25.5 Å². The van der Waals surface area contributed by atoms with E-state index in [4.69, 9.17) is 11.6 Å². The van der Waals surface area contributed by atoms with Gasteiger partial charge in [-0.2, -0.15) is 0 Å². The number of H-pyrrole nitrogens is 1. The second kappa shape index (κ2) is 5.57. The highest BCUT2D eigenvalue weighted by molar-refractivity contribution is 6.31. The van der Waals surface area contributed by atoms with Crippen LogP contribution in [0.25, 0.3) is 22.4 Å². The highest BCUT2D eigenvalue weighted by Gasteiger charge is 2.16. The number of nitrogens with one attached hydrogen (secondary N) is 2. The summed E-state index contributed by atoms with van der Waals surface area (Å²) in [6, 6.07) is 3.75. The van der Waals surface area contributed by atoms with Gasteiger partial charge in [-0.25, -0.2) is 15.0 Å². The van der Waals surface area contributed by atoms with Crippen molar-refractivity contribution in [2.24, 2.45) is 0 Å².